The zero-order chi connectivity index (χ0) is 39.0. The summed E-state index contributed by atoms with van der Waals surface area (Å²) in [5.41, 5.74) is 7.97. The lowest BCUT2D eigenvalue weighted by Crippen LogP contribution is -2.46. The zero-order valence-electron chi connectivity index (χ0n) is 31.7. The number of nitrogens with zero attached hydrogens (tertiary/aromatic N) is 3. The summed E-state index contributed by atoms with van der Waals surface area (Å²) in [6.07, 6.45) is 2.90. The molecule has 292 valence electrons. The molecule has 0 spiro atoms. The second-order valence-electron chi connectivity index (χ2n) is 14.9. The molecule has 0 amide bonds. The van der Waals surface area contributed by atoms with Gasteiger partial charge in [0.1, 0.15) is 36.1 Å². The van der Waals surface area contributed by atoms with Gasteiger partial charge in [-0.25, -0.2) is 4.39 Å². The maximum atomic E-state index is 13.5. The highest BCUT2D eigenvalue weighted by atomic mass is 35.5. The molecule has 0 unspecified atom stereocenters. The SMILES string of the molecule is Cc1c(OCCCN2CCC(F)CC2)cccc1-c1cccc2c1CC[C@@H]2Oc1cc(OCc2cc(C#N)cc(C#N)c2)c(CN[C@H]2CCOC[C@H]2O)cc1Cl. The van der Waals surface area contributed by atoms with Crippen LogP contribution in [0.3, 0.4) is 0 Å². The van der Waals surface area contributed by atoms with Crippen molar-refractivity contribution >= 4 is 11.6 Å². The van der Waals surface area contributed by atoms with Crippen molar-refractivity contribution in [1.82, 2.24) is 10.2 Å². The Balaban J connectivity index is 1.08. The van der Waals surface area contributed by atoms with Crippen molar-refractivity contribution in [2.75, 3.05) is 39.5 Å². The lowest BCUT2D eigenvalue weighted by atomic mass is 9.93. The summed E-state index contributed by atoms with van der Waals surface area (Å²) in [5, 5.41) is 33.4. The molecule has 0 radical (unpaired) electrons. The number of fused-ring (bicyclic) bond motifs is 1. The Bertz CT molecular complexity index is 2060. The van der Waals surface area contributed by atoms with Gasteiger partial charge in [-0.2, -0.15) is 10.5 Å². The summed E-state index contributed by atoms with van der Waals surface area (Å²) in [6.45, 7) is 6.60. The fourth-order valence-electron chi connectivity index (χ4n) is 8.01. The number of benzene rings is 4. The lowest BCUT2D eigenvalue weighted by molar-refractivity contribution is -0.0281. The maximum Gasteiger partial charge on any atom is 0.142 e. The van der Waals surface area contributed by atoms with Crippen molar-refractivity contribution in [2.45, 2.75) is 83.0 Å². The highest BCUT2D eigenvalue weighted by Crippen LogP contribution is 2.44. The first-order valence-corrected chi connectivity index (χ1v) is 19.9. The van der Waals surface area contributed by atoms with Crippen LogP contribution < -0.4 is 19.5 Å². The van der Waals surface area contributed by atoms with E-state index in [1.807, 2.05) is 24.3 Å². The topological polar surface area (TPSA) is 120 Å². The van der Waals surface area contributed by atoms with Crippen LogP contribution in [0.4, 0.5) is 4.39 Å². The first-order chi connectivity index (χ1) is 27.3. The van der Waals surface area contributed by atoms with Gasteiger partial charge in [0, 0.05) is 50.5 Å². The standard InChI is InChI=1S/C45H48ClFN4O5/c1-29-35(5-3-8-42(29)54-17-4-14-51-15-11-34(47)12-16-51)36-6-2-7-38-37(36)9-10-43(38)56-45-23-44(55-27-32-20-30(24-48)19-31(21-32)25-49)33(22-39(45)46)26-50-40-13-18-53-28-41(40)52/h2-3,5-8,19-23,34,40-41,43,50,52H,4,9-18,26-28H2,1H3/t40-,41+,43-/m0/s1. The molecule has 2 saturated heterocycles. The number of hydrogen-bond acceptors (Lipinski definition) is 9. The van der Waals surface area contributed by atoms with Crippen LogP contribution in [0.5, 0.6) is 17.2 Å². The van der Waals surface area contributed by atoms with Crippen LogP contribution in [0.15, 0.2) is 66.7 Å². The Kier molecular flexibility index (Phi) is 13.1. The molecule has 2 aliphatic heterocycles. The van der Waals surface area contributed by atoms with Gasteiger partial charge in [0.25, 0.3) is 0 Å². The van der Waals surface area contributed by atoms with Crippen LogP contribution in [0.25, 0.3) is 11.1 Å². The second kappa shape index (κ2) is 18.5. The summed E-state index contributed by atoms with van der Waals surface area (Å²) in [7, 11) is 0. The summed E-state index contributed by atoms with van der Waals surface area (Å²) in [6, 6.07) is 25.3. The van der Waals surface area contributed by atoms with Gasteiger partial charge in [-0.15, -0.1) is 0 Å². The largest absolute Gasteiger partial charge is 0.493 e. The van der Waals surface area contributed by atoms with E-state index in [1.165, 1.54) is 5.56 Å². The zero-order valence-corrected chi connectivity index (χ0v) is 32.5. The summed E-state index contributed by atoms with van der Waals surface area (Å²) in [4.78, 5) is 2.32. The molecule has 0 bridgehead atoms. The Labute approximate surface area is 333 Å². The number of rotatable bonds is 14. The summed E-state index contributed by atoms with van der Waals surface area (Å²) < 4.78 is 38.3. The first kappa shape index (κ1) is 39.6. The minimum absolute atomic E-state index is 0.120. The van der Waals surface area contributed by atoms with Crippen molar-refractivity contribution in [2.24, 2.45) is 0 Å². The number of halogens is 2. The maximum absolute atomic E-state index is 13.5. The fourth-order valence-corrected chi connectivity index (χ4v) is 8.24. The van der Waals surface area contributed by atoms with E-state index in [0.29, 0.717) is 72.2 Å². The number of hydrogen-bond donors (Lipinski definition) is 2. The van der Waals surface area contributed by atoms with Crippen molar-refractivity contribution < 1.29 is 28.4 Å². The molecule has 0 aromatic heterocycles. The number of piperidine rings is 1. The molecule has 56 heavy (non-hydrogen) atoms. The van der Waals surface area contributed by atoms with E-state index >= 15 is 0 Å². The predicted molar refractivity (Wildman–Crippen MR) is 213 cm³/mol. The van der Waals surface area contributed by atoms with E-state index in [0.717, 1.165) is 72.5 Å². The number of nitrogens with one attached hydrogen (secondary N) is 1. The van der Waals surface area contributed by atoms with E-state index in [4.69, 9.17) is 30.5 Å². The van der Waals surface area contributed by atoms with Crippen molar-refractivity contribution in [1.29, 1.82) is 10.5 Å². The van der Waals surface area contributed by atoms with Crippen molar-refractivity contribution in [3.05, 3.63) is 111 Å². The Hall–Kier alpha value is -4.68. The first-order valence-electron chi connectivity index (χ1n) is 19.6. The van der Waals surface area contributed by atoms with Gasteiger partial charge in [0.15, 0.2) is 0 Å². The van der Waals surface area contributed by atoms with Gasteiger partial charge in [-0.3, -0.25) is 0 Å². The molecule has 3 atom stereocenters. The third-order valence-corrected chi connectivity index (χ3v) is 11.4. The Morgan fingerprint density at radius 2 is 1.70 bits per heavy atom. The monoisotopic (exact) mass is 778 g/mol. The van der Waals surface area contributed by atoms with Gasteiger partial charge < -0.3 is 34.3 Å². The normalized spacial score (nSPS) is 19.9. The van der Waals surface area contributed by atoms with Gasteiger partial charge in [-0.1, -0.05) is 41.9 Å². The Morgan fingerprint density at radius 1 is 0.929 bits per heavy atom. The molecule has 11 heteroatoms. The number of nitriles is 2. The molecule has 2 N–H and O–H groups in total. The molecule has 2 fully saturated rings. The average Bonchev–Trinajstić information content (AvgIpc) is 3.63. The fraction of sp³-hybridized carbons (Fsp3) is 0.422. The van der Waals surface area contributed by atoms with E-state index in [-0.39, 0.29) is 25.4 Å². The van der Waals surface area contributed by atoms with Crippen LogP contribution in [0.1, 0.15) is 77.2 Å². The van der Waals surface area contributed by atoms with Gasteiger partial charge in [-0.05, 0) is 109 Å². The van der Waals surface area contributed by atoms with E-state index < -0.39 is 12.3 Å². The molecule has 4 aromatic rings. The Morgan fingerprint density at radius 3 is 2.46 bits per heavy atom. The molecule has 7 rings (SSSR count). The third kappa shape index (κ3) is 9.46. The molecule has 0 saturated carbocycles. The van der Waals surface area contributed by atoms with Crippen LogP contribution >= 0.6 is 11.6 Å². The van der Waals surface area contributed by atoms with E-state index in [2.05, 4.69) is 53.5 Å². The third-order valence-electron chi connectivity index (χ3n) is 11.1. The minimum Gasteiger partial charge on any atom is -0.493 e. The molecular formula is C45H48ClFN4O5. The highest BCUT2D eigenvalue weighted by molar-refractivity contribution is 6.32. The number of likely N-dealkylation sites (tertiary alicyclic amines) is 1. The van der Waals surface area contributed by atoms with E-state index in [1.54, 1.807) is 18.2 Å². The minimum atomic E-state index is -0.661. The quantitative estimate of drug-likeness (QED) is 0.122. The van der Waals surface area contributed by atoms with Gasteiger partial charge in [0.05, 0.1) is 47.6 Å². The smallest absolute Gasteiger partial charge is 0.142 e. The molecule has 1 aliphatic carbocycles. The molecule has 9 nitrogen and oxygen atoms in total. The van der Waals surface area contributed by atoms with Crippen LogP contribution in [-0.2, 0) is 24.3 Å². The second-order valence-corrected chi connectivity index (χ2v) is 15.3. The van der Waals surface area contributed by atoms with Crippen LogP contribution in [0, 0.1) is 29.6 Å². The molecule has 4 aromatic carbocycles. The van der Waals surface area contributed by atoms with E-state index in [9.17, 15) is 20.0 Å². The summed E-state index contributed by atoms with van der Waals surface area (Å²) >= 11 is 6.94. The van der Waals surface area contributed by atoms with Crippen molar-refractivity contribution in [3.63, 3.8) is 0 Å². The molecular weight excluding hydrogens is 731 g/mol. The van der Waals surface area contributed by atoms with Crippen LogP contribution in [-0.4, -0.2) is 67.8 Å². The predicted octanol–water partition coefficient (Wildman–Crippen LogP) is 8.15. The van der Waals surface area contributed by atoms with Crippen molar-refractivity contribution in [3.8, 4) is 40.5 Å². The van der Waals surface area contributed by atoms with Gasteiger partial charge in [0.2, 0.25) is 0 Å². The number of alkyl halides is 1. The number of ether oxygens (including phenoxy) is 4. The number of aliphatic hydroxyl groups excluding tert-OH is 1. The average molecular weight is 779 g/mol. The molecule has 3 aliphatic rings. The highest BCUT2D eigenvalue weighted by Gasteiger charge is 2.29. The lowest BCUT2D eigenvalue weighted by Gasteiger charge is -2.29. The summed E-state index contributed by atoms with van der Waals surface area (Å²) in [5.74, 6) is 1.91. The number of aliphatic hydroxyl groups is 1. The molecule has 2 heterocycles. The van der Waals surface area contributed by atoms with Gasteiger partial charge >= 0.3 is 0 Å². The van der Waals surface area contributed by atoms with Crippen LogP contribution in [0.2, 0.25) is 5.02 Å².